The monoisotopic (exact) mass is 380 g/mol. The molecule has 0 saturated carbocycles. The third-order valence-electron chi connectivity index (χ3n) is 5.22. The number of fused-ring (bicyclic) bond motifs is 3. The minimum absolute atomic E-state index is 0.0975. The summed E-state index contributed by atoms with van der Waals surface area (Å²) in [6, 6.07) is 29.1. The molecular formula is C25H24N4. The number of benzene rings is 3. The normalized spacial score (nSPS) is 12.9. The summed E-state index contributed by atoms with van der Waals surface area (Å²) >= 11 is 0. The standard InChI is InChI=1S/C25H24N4/c1-25(2,3)22-23(18-12-6-4-7-13-18)28-21-17-11-10-16-20(21)27-29(28)24(22)26-19-14-8-5-9-15-19/h4-17,27H,1-3H3. The molecule has 2 aromatic heterocycles. The van der Waals surface area contributed by atoms with E-state index in [9.17, 15) is 0 Å². The average Bonchev–Trinajstić information content (AvgIpc) is 3.24. The first-order valence-electron chi connectivity index (χ1n) is 9.94. The van der Waals surface area contributed by atoms with E-state index < -0.39 is 0 Å². The molecule has 144 valence electrons. The molecule has 0 saturated heterocycles. The van der Waals surface area contributed by atoms with Crippen LogP contribution in [0.3, 0.4) is 0 Å². The second-order valence-electron chi connectivity index (χ2n) is 8.36. The topological polar surface area (TPSA) is 37.0 Å². The number of hydrogen-bond donors (Lipinski definition) is 1. The van der Waals surface area contributed by atoms with E-state index in [1.54, 1.807) is 0 Å². The van der Waals surface area contributed by atoms with Crippen LogP contribution in [-0.4, -0.2) is 14.2 Å². The molecule has 0 atom stereocenters. The van der Waals surface area contributed by atoms with Gasteiger partial charge < -0.3 is 0 Å². The number of nitrogens with one attached hydrogen (secondary N) is 1. The lowest BCUT2D eigenvalue weighted by Crippen LogP contribution is -2.25. The third kappa shape index (κ3) is 2.88. The summed E-state index contributed by atoms with van der Waals surface area (Å²) in [4.78, 5) is 5.09. The summed E-state index contributed by atoms with van der Waals surface area (Å²) in [6.07, 6.45) is 0. The van der Waals surface area contributed by atoms with Crippen molar-refractivity contribution in [2.45, 2.75) is 26.2 Å². The van der Waals surface area contributed by atoms with E-state index >= 15 is 0 Å². The smallest absolute Gasteiger partial charge is 0.176 e. The minimum atomic E-state index is -0.0975. The SMILES string of the molecule is CC(C)(C)c1c(-c2ccccc2)n2c3ccccc3[nH]n2c1=Nc1ccccc1. The van der Waals surface area contributed by atoms with Gasteiger partial charge in [-0.1, -0.05) is 81.4 Å². The van der Waals surface area contributed by atoms with Crippen LogP contribution in [0, 0.1) is 0 Å². The zero-order valence-corrected chi connectivity index (χ0v) is 16.9. The number of nitrogens with zero attached hydrogens (tertiary/aromatic N) is 3. The average molecular weight is 380 g/mol. The lowest BCUT2D eigenvalue weighted by Gasteiger charge is -2.19. The van der Waals surface area contributed by atoms with Crippen LogP contribution in [0.25, 0.3) is 22.3 Å². The molecule has 0 amide bonds. The molecule has 3 aromatic carbocycles. The summed E-state index contributed by atoms with van der Waals surface area (Å²) in [5, 5.41) is 3.56. The molecule has 1 N–H and O–H groups in total. The molecule has 0 aliphatic rings. The number of aromatic amines is 1. The highest BCUT2D eigenvalue weighted by molar-refractivity contribution is 5.78. The number of H-pyrrole nitrogens is 1. The molecule has 0 aliphatic heterocycles. The fourth-order valence-corrected chi connectivity index (χ4v) is 3.99. The van der Waals surface area contributed by atoms with Crippen LogP contribution in [0.5, 0.6) is 0 Å². The fraction of sp³-hybridized carbons (Fsp3) is 0.160. The highest BCUT2D eigenvalue weighted by Crippen LogP contribution is 2.32. The Labute approximate surface area is 169 Å². The lowest BCUT2D eigenvalue weighted by atomic mass is 9.85. The number of hydrogen-bond acceptors (Lipinski definition) is 1. The Morgan fingerprint density at radius 3 is 2.07 bits per heavy atom. The van der Waals surface area contributed by atoms with Gasteiger partial charge in [0.1, 0.15) is 0 Å². The number of aromatic nitrogens is 3. The van der Waals surface area contributed by atoms with Crippen molar-refractivity contribution >= 4 is 16.7 Å². The summed E-state index contributed by atoms with van der Waals surface area (Å²) < 4.78 is 4.34. The van der Waals surface area contributed by atoms with Gasteiger partial charge in [-0.05, 0) is 29.7 Å². The second kappa shape index (κ2) is 6.52. The number of rotatable bonds is 2. The van der Waals surface area contributed by atoms with Gasteiger partial charge in [-0.25, -0.2) is 9.51 Å². The lowest BCUT2D eigenvalue weighted by molar-refractivity contribution is 0.581. The van der Waals surface area contributed by atoms with Crippen molar-refractivity contribution in [3.63, 3.8) is 0 Å². The summed E-state index contributed by atoms with van der Waals surface area (Å²) in [5.74, 6) is 0. The summed E-state index contributed by atoms with van der Waals surface area (Å²) in [5.41, 5.74) is 7.55. The minimum Gasteiger partial charge on any atom is -0.275 e. The van der Waals surface area contributed by atoms with Gasteiger partial charge >= 0.3 is 0 Å². The largest absolute Gasteiger partial charge is 0.275 e. The quantitative estimate of drug-likeness (QED) is 0.407. The first kappa shape index (κ1) is 17.6. The van der Waals surface area contributed by atoms with E-state index in [-0.39, 0.29) is 5.41 Å². The molecule has 2 heterocycles. The van der Waals surface area contributed by atoms with Gasteiger partial charge in [-0.2, -0.15) is 4.63 Å². The van der Waals surface area contributed by atoms with Gasteiger partial charge in [0, 0.05) is 11.1 Å². The van der Waals surface area contributed by atoms with Crippen molar-refractivity contribution in [2.24, 2.45) is 4.99 Å². The zero-order chi connectivity index (χ0) is 20.0. The molecular weight excluding hydrogens is 356 g/mol. The van der Waals surface area contributed by atoms with E-state index in [1.165, 1.54) is 16.8 Å². The van der Waals surface area contributed by atoms with Crippen LogP contribution in [0.1, 0.15) is 26.3 Å². The maximum Gasteiger partial charge on any atom is 0.176 e. The molecule has 5 rings (SSSR count). The van der Waals surface area contributed by atoms with Crippen molar-refractivity contribution in [3.05, 3.63) is 96.0 Å². The summed E-state index contributed by atoms with van der Waals surface area (Å²) in [7, 11) is 0. The Balaban J connectivity index is 2.02. The Bertz CT molecular complexity index is 1360. The first-order valence-corrected chi connectivity index (χ1v) is 9.94. The first-order chi connectivity index (χ1) is 14.0. The predicted octanol–water partition coefficient (Wildman–Crippen LogP) is 5.72. The van der Waals surface area contributed by atoms with Gasteiger partial charge in [0.05, 0.1) is 22.4 Å². The van der Waals surface area contributed by atoms with Crippen LogP contribution in [0.2, 0.25) is 0 Å². The van der Waals surface area contributed by atoms with Gasteiger partial charge in [-0.3, -0.25) is 5.10 Å². The maximum atomic E-state index is 5.09. The maximum absolute atomic E-state index is 5.09. The third-order valence-corrected chi connectivity index (χ3v) is 5.22. The molecule has 4 nitrogen and oxygen atoms in total. The van der Waals surface area contributed by atoms with Gasteiger partial charge in [-0.15, -0.1) is 0 Å². The van der Waals surface area contributed by atoms with E-state index in [4.69, 9.17) is 4.99 Å². The van der Waals surface area contributed by atoms with Crippen molar-refractivity contribution in [1.29, 1.82) is 0 Å². The van der Waals surface area contributed by atoms with E-state index in [0.717, 1.165) is 22.2 Å². The van der Waals surface area contributed by atoms with Crippen LogP contribution >= 0.6 is 0 Å². The van der Waals surface area contributed by atoms with Crippen LogP contribution in [-0.2, 0) is 5.41 Å². The van der Waals surface area contributed by atoms with Crippen molar-refractivity contribution < 1.29 is 0 Å². The predicted molar refractivity (Wildman–Crippen MR) is 119 cm³/mol. The highest BCUT2D eigenvalue weighted by Gasteiger charge is 2.28. The van der Waals surface area contributed by atoms with E-state index in [2.05, 4.69) is 89.6 Å². The Kier molecular flexibility index (Phi) is 3.95. The van der Waals surface area contributed by atoms with Crippen LogP contribution in [0.15, 0.2) is 89.9 Å². The van der Waals surface area contributed by atoms with Gasteiger partial charge in [0.2, 0.25) is 0 Å². The molecule has 0 bridgehead atoms. The molecule has 29 heavy (non-hydrogen) atoms. The molecule has 4 heteroatoms. The number of para-hydroxylation sites is 3. The Morgan fingerprint density at radius 2 is 1.38 bits per heavy atom. The second-order valence-corrected chi connectivity index (χ2v) is 8.36. The van der Waals surface area contributed by atoms with Crippen molar-refractivity contribution in [3.8, 4) is 11.3 Å². The Hall–Kier alpha value is -3.53. The van der Waals surface area contributed by atoms with Gasteiger partial charge in [0.25, 0.3) is 0 Å². The van der Waals surface area contributed by atoms with Crippen molar-refractivity contribution in [1.82, 2.24) is 14.2 Å². The molecule has 0 spiro atoms. The molecule has 5 aromatic rings. The highest BCUT2D eigenvalue weighted by atomic mass is 15.5. The molecule has 0 radical (unpaired) electrons. The zero-order valence-electron chi connectivity index (χ0n) is 16.9. The molecule has 0 fully saturated rings. The van der Waals surface area contributed by atoms with Gasteiger partial charge in [0.15, 0.2) is 5.49 Å². The fourth-order valence-electron chi connectivity index (χ4n) is 3.99. The van der Waals surface area contributed by atoms with Crippen molar-refractivity contribution in [2.75, 3.05) is 0 Å². The van der Waals surface area contributed by atoms with Crippen LogP contribution < -0.4 is 5.49 Å². The molecule has 0 unspecified atom stereocenters. The van der Waals surface area contributed by atoms with E-state index in [1.807, 2.05) is 30.3 Å². The summed E-state index contributed by atoms with van der Waals surface area (Å²) in [6.45, 7) is 6.75. The Morgan fingerprint density at radius 1 is 0.759 bits per heavy atom. The molecule has 0 aliphatic carbocycles. The van der Waals surface area contributed by atoms with E-state index in [0.29, 0.717) is 0 Å². The van der Waals surface area contributed by atoms with Crippen LogP contribution in [0.4, 0.5) is 5.69 Å².